The van der Waals surface area contributed by atoms with Crippen LogP contribution in [0.15, 0.2) is 47.1 Å². The number of rotatable bonds is 6. The molecule has 0 radical (unpaired) electrons. The maximum absolute atomic E-state index is 13.8. The standard InChI is InChI=1S/C26H32BrN4OP/c1-16-6-5-7-23(16)31(15-20-10-9-19(14-29-20)26(2,3)33)25(32)17-8-11-22-18(12-17)13-21(27)24(28-4)30-22/h8-14,16,23H,5-7,15,33H2,1-4H3,(H,28,30). The fourth-order valence-corrected chi connectivity index (χ4v) is 5.33. The number of carbonyl (C=O) groups is 1. The lowest BCUT2D eigenvalue weighted by Gasteiger charge is -2.32. The largest absolute Gasteiger partial charge is 0.372 e. The van der Waals surface area contributed by atoms with Gasteiger partial charge < -0.3 is 10.2 Å². The first-order valence-electron chi connectivity index (χ1n) is 11.5. The van der Waals surface area contributed by atoms with Crippen LogP contribution in [0.5, 0.6) is 0 Å². The molecule has 7 heteroatoms. The van der Waals surface area contributed by atoms with E-state index in [0.29, 0.717) is 18.0 Å². The lowest BCUT2D eigenvalue weighted by molar-refractivity contribution is 0.0620. The van der Waals surface area contributed by atoms with Crippen molar-refractivity contribution < 1.29 is 4.79 Å². The van der Waals surface area contributed by atoms with Crippen molar-refractivity contribution in [3.8, 4) is 0 Å². The average Bonchev–Trinajstić information content (AvgIpc) is 3.21. The monoisotopic (exact) mass is 526 g/mol. The first kappa shape index (κ1) is 24.1. The second-order valence-corrected chi connectivity index (χ2v) is 11.9. The number of hydrogen-bond acceptors (Lipinski definition) is 4. The van der Waals surface area contributed by atoms with Crippen LogP contribution in [0.2, 0.25) is 0 Å². The van der Waals surface area contributed by atoms with Crippen LogP contribution in [-0.4, -0.2) is 33.9 Å². The Morgan fingerprint density at radius 3 is 2.64 bits per heavy atom. The fourth-order valence-electron chi connectivity index (χ4n) is 4.63. The molecule has 2 aromatic heterocycles. The zero-order valence-electron chi connectivity index (χ0n) is 19.7. The number of anilines is 1. The highest BCUT2D eigenvalue weighted by atomic mass is 79.9. The molecule has 3 atom stereocenters. The number of pyridine rings is 2. The molecule has 0 spiro atoms. The molecule has 5 nitrogen and oxygen atoms in total. The predicted molar refractivity (Wildman–Crippen MR) is 143 cm³/mol. The number of nitrogens with zero attached hydrogens (tertiary/aromatic N) is 3. The van der Waals surface area contributed by atoms with Crippen molar-refractivity contribution in [1.82, 2.24) is 14.9 Å². The van der Waals surface area contributed by atoms with Crippen LogP contribution in [0.3, 0.4) is 0 Å². The zero-order chi connectivity index (χ0) is 23.8. The van der Waals surface area contributed by atoms with Crippen molar-refractivity contribution in [2.75, 3.05) is 12.4 Å². The molecule has 3 unspecified atom stereocenters. The summed E-state index contributed by atoms with van der Waals surface area (Å²) in [5.74, 6) is 1.32. The topological polar surface area (TPSA) is 58.1 Å². The molecule has 1 saturated carbocycles. The summed E-state index contributed by atoms with van der Waals surface area (Å²) >= 11 is 3.56. The molecular formula is C26H32BrN4OP. The summed E-state index contributed by atoms with van der Waals surface area (Å²) in [7, 11) is 4.70. The van der Waals surface area contributed by atoms with Crippen LogP contribution < -0.4 is 5.32 Å². The van der Waals surface area contributed by atoms with Crippen LogP contribution >= 0.6 is 25.2 Å². The smallest absolute Gasteiger partial charge is 0.254 e. The van der Waals surface area contributed by atoms with E-state index < -0.39 is 0 Å². The molecule has 1 aromatic carbocycles. The fraction of sp³-hybridized carbons (Fsp3) is 0.423. The molecule has 1 N–H and O–H groups in total. The Morgan fingerprint density at radius 2 is 2.03 bits per heavy atom. The van der Waals surface area contributed by atoms with E-state index in [4.69, 9.17) is 4.98 Å². The van der Waals surface area contributed by atoms with Gasteiger partial charge in [0.25, 0.3) is 5.91 Å². The van der Waals surface area contributed by atoms with Gasteiger partial charge in [0.05, 0.1) is 22.2 Å². The predicted octanol–water partition coefficient (Wildman–Crippen LogP) is 6.38. The third kappa shape index (κ3) is 5.22. The first-order chi connectivity index (χ1) is 15.7. The molecule has 4 rings (SSSR count). The van der Waals surface area contributed by atoms with Crippen LogP contribution in [0.1, 0.15) is 61.6 Å². The van der Waals surface area contributed by atoms with Crippen molar-refractivity contribution in [3.05, 3.63) is 63.9 Å². The molecule has 1 amide bonds. The summed E-state index contributed by atoms with van der Waals surface area (Å²) in [6, 6.07) is 12.2. The second-order valence-electron chi connectivity index (χ2n) is 9.64. The number of nitrogens with one attached hydrogen (secondary N) is 1. The van der Waals surface area contributed by atoms with E-state index in [2.05, 4.69) is 68.4 Å². The number of hydrogen-bond donors (Lipinski definition) is 1. The molecule has 174 valence electrons. The van der Waals surface area contributed by atoms with Gasteiger partial charge in [0.15, 0.2) is 0 Å². The molecule has 0 saturated heterocycles. The quantitative estimate of drug-likeness (QED) is 0.379. The third-order valence-corrected chi connectivity index (χ3v) is 7.57. The Bertz CT molecular complexity index is 1160. The van der Waals surface area contributed by atoms with Gasteiger partial charge in [-0.2, -0.15) is 0 Å². The SMILES string of the molecule is CNc1nc2ccc(C(=O)N(Cc3ccc(C(C)(C)P)cn3)C3CCCC3C)cc2cc1Br. The number of benzene rings is 1. The van der Waals surface area contributed by atoms with E-state index in [-0.39, 0.29) is 17.1 Å². The van der Waals surface area contributed by atoms with Crippen LogP contribution in [0, 0.1) is 5.92 Å². The number of aromatic nitrogens is 2. The number of fused-ring (bicyclic) bond motifs is 1. The normalized spacial score (nSPS) is 18.5. The summed E-state index contributed by atoms with van der Waals surface area (Å²) in [4.78, 5) is 25.2. The molecule has 0 aliphatic heterocycles. The summed E-state index contributed by atoms with van der Waals surface area (Å²) in [6.07, 6.45) is 5.28. The number of halogens is 1. The summed E-state index contributed by atoms with van der Waals surface area (Å²) < 4.78 is 0.879. The lowest BCUT2D eigenvalue weighted by Crippen LogP contribution is -2.41. The number of carbonyl (C=O) groups excluding carboxylic acids is 1. The molecule has 1 fully saturated rings. The minimum atomic E-state index is -0.0262. The van der Waals surface area contributed by atoms with Crippen LogP contribution in [-0.2, 0) is 11.7 Å². The summed E-state index contributed by atoms with van der Waals surface area (Å²) in [6.45, 7) is 7.07. The van der Waals surface area contributed by atoms with E-state index in [1.54, 1.807) is 0 Å². The van der Waals surface area contributed by atoms with Gasteiger partial charge in [-0.1, -0.05) is 33.3 Å². The molecule has 2 heterocycles. The van der Waals surface area contributed by atoms with E-state index in [1.807, 2.05) is 42.4 Å². The molecule has 1 aliphatic rings. The summed E-state index contributed by atoms with van der Waals surface area (Å²) in [5, 5.41) is 4.00. The van der Waals surface area contributed by atoms with Gasteiger partial charge in [0.1, 0.15) is 5.82 Å². The summed E-state index contributed by atoms with van der Waals surface area (Å²) in [5.41, 5.74) is 3.63. The minimum Gasteiger partial charge on any atom is -0.372 e. The maximum Gasteiger partial charge on any atom is 0.254 e. The first-order valence-corrected chi connectivity index (χ1v) is 12.9. The van der Waals surface area contributed by atoms with Crippen LogP contribution in [0.25, 0.3) is 10.9 Å². The highest BCUT2D eigenvalue weighted by Crippen LogP contribution is 2.33. The Balaban J connectivity index is 1.66. The lowest BCUT2D eigenvalue weighted by atomic mass is 10.0. The molecule has 3 aromatic rings. The van der Waals surface area contributed by atoms with E-state index in [1.165, 1.54) is 0 Å². The maximum atomic E-state index is 13.8. The van der Waals surface area contributed by atoms with Gasteiger partial charge in [-0.25, -0.2) is 4.98 Å². The Morgan fingerprint density at radius 1 is 1.24 bits per heavy atom. The van der Waals surface area contributed by atoms with E-state index in [9.17, 15) is 4.79 Å². The third-order valence-electron chi connectivity index (χ3n) is 6.63. The molecule has 1 aliphatic carbocycles. The molecular weight excluding hydrogens is 495 g/mol. The van der Waals surface area contributed by atoms with Crippen molar-refractivity contribution in [2.45, 2.75) is 57.8 Å². The van der Waals surface area contributed by atoms with Crippen molar-refractivity contribution in [1.29, 1.82) is 0 Å². The Hall–Kier alpha value is -2.04. The highest BCUT2D eigenvalue weighted by Gasteiger charge is 2.33. The second kappa shape index (κ2) is 9.68. The molecule has 0 bridgehead atoms. The van der Waals surface area contributed by atoms with Crippen molar-refractivity contribution in [3.63, 3.8) is 0 Å². The zero-order valence-corrected chi connectivity index (χ0v) is 22.5. The highest BCUT2D eigenvalue weighted by molar-refractivity contribution is 9.10. The van der Waals surface area contributed by atoms with Gasteiger partial charge in [-0.05, 0) is 70.6 Å². The average molecular weight is 527 g/mol. The minimum absolute atomic E-state index is 0.0262. The van der Waals surface area contributed by atoms with E-state index in [0.717, 1.165) is 51.7 Å². The van der Waals surface area contributed by atoms with Crippen LogP contribution in [0.4, 0.5) is 5.82 Å². The Labute approximate surface area is 207 Å². The van der Waals surface area contributed by atoms with Crippen molar-refractivity contribution >= 4 is 47.8 Å². The molecule has 33 heavy (non-hydrogen) atoms. The van der Waals surface area contributed by atoms with Gasteiger partial charge in [-0.15, -0.1) is 9.24 Å². The van der Waals surface area contributed by atoms with Crippen molar-refractivity contribution in [2.24, 2.45) is 5.92 Å². The Kier molecular flexibility index (Phi) is 7.07. The van der Waals surface area contributed by atoms with E-state index >= 15 is 0 Å². The van der Waals surface area contributed by atoms with Gasteiger partial charge >= 0.3 is 0 Å². The number of amides is 1. The van der Waals surface area contributed by atoms with Gasteiger partial charge in [0, 0.05) is 35.4 Å². The van der Waals surface area contributed by atoms with Gasteiger partial charge in [0.2, 0.25) is 0 Å². The van der Waals surface area contributed by atoms with Gasteiger partial charge in [-0.3, -0.25) is 9.78 Å².